The van der Waals surface area contributed by atoms with Gasteiger partial charge in [-0.1, -0.05) is 6.08 Å². The first kappa shape index (κ1) is 10.6. The van der Waals surface area contributed by atoms with Gasteiger partial charge in [0, 0.05) is 0 Å². The van der Waals surface area contributed by atoms with E-state index in [1.807, 2.05) is 0 Å². The van der Waals surface area contributed by atoms with Crippen LogP contribution in [0.2, 0.25) is 0 Å². The molecule has 0 aromatic rings. The zero-order valence-electron chi connectivity index (χ0n) is 5.89. The minimum Gasteiger partial charge on any atom is -0.375 e. The maximum absolute atomic E-state index is 9.92. The van der Waals surface area contributed by atoms with Crippen LogP contribution >= 0.6 is 0 Å². The number of hydrogen-bond donors (Lipinski definition) is 1. The van der Waals surface area contributed by atoms with E-state index in [4.69, 9.17) is 9.29 Å². The molecule has 0 aromatic carbocycles. The van der Waals surface area contributed by atoms with Gasteiger partial charge < -0.3 is 4.74 Å². The molecule has 0 saturated heterocycles. The molecule has 66 valence electrons. The van der Waals surface area contributed by atoms with Gasteiger partial charge in [-0.05, 0) is 0 Å². The average molecular weight is 182 g/mol. The Labute approximate surface area is 65.6 Å². The molecular weight excluding hydrogens is 172 g/mol. The van der Waals surface area contributed by atoms with Crippen molar-refractivity contribution in [3.05, 3.63) is 12.7 Å². The Morgan fingerprint density at radius 2 is 2.09 bits per heavy atom. The average Bonchev–Trinajstić information content (AvgIpc) is 1.85. The number of hydrogen-bond acceptors (Lipinski definition) is 4. The summed E-state index contributed by atoms with van der Waals surface area (Å²) in [6, 6.07) is 0. The fourth-order valence-corrected chi connectivity index (χ4v) is 0.644. The van der Waals surface area contributed by atoms with Crippen LogP contribution in [-0.2, 0) is 19.3 Å². The molecule has 0 spiro atoms. The van der Waals surface area contributed by atoms with E-state index in [0.29, 0.717) is 6.61 Å². The molecule has 0 aliphatic rings. The van der Waals surface area contributed by atoms with E-state index in [2.05, 4.69) is 10.8 Å². The van der Waals surface area contributed by atoms with Crippen LogP contribution in [0.4, 0.5) is 0 Å². The van der Waals surface area contributed by atoms with Crippen LogP contribution < -0.4 is 0 Å². The first-order chi connectivity index (χ1) is 5.06. The van der Waals surface area contributed by atoms with E-state index in [0.717, 1.165) is 0 Å². The largest absolute Gasteiger partial charge is 0.397 e. The molecule has 0 fully saturated rings. The van der Waals surface area contributed by atoms with Crippen LogP contribution in [0, 0.1) is 0 Å². The lowest BCUT2D eigenvalue weighted by Gasteiger charge is -1.99. The molecule has 0 saturated carbocycles. The van der Waals surface area contributed by atoms with Crippen LogP contribution in [0.25, 0.3) is 0 Å². The van der Waals surface area contributed by atoms with Gasteiger partial charge in [0.05, 0.1) is 19.8 Å². The molecule has 0 aromatic heterocycles. The molecule has 0 unspecified atom stereocenters. The molecule has 5 nitrogen and oxygen atoms in total. The zero-order valence-corrected chi connectivity index (χ0v) is 6.71. The first-order valence-electron chi connectivity index (χ1n) is 2.87. The van der Waals surface area contributed by atoms with Gasteiger partial charge in [-0.15, -0.1) is 6.58 Å². The van der Waals surface area contributed by atoms with E-state index in [-0.39, 0.29) is 13.2 Å². The van der Waals surface area contributed by atoms with Crippen molar-refractivity contribution in [2.24, 2.45) is 0 Å². The molecule has 0 aliphatic heterocycles. The predicted octanol–water partition coefficient (Wildman–Crippen LogP) is 0.00840. The Hall–Kier alpha value is -0.430. The van der Waals surface area contributed by atoms with Gasteiger partial charge in [0.15, 0.2) is 0 Å². The van der Waals surface area contributed by atoms with Crippen molar-refractivity contribution < 1.29 is 21.9 Å². The summed E-state index contributed by atoms with van der Waals surface area (Å²) in [6.07, 6.45) is 1.52. The fourth-order valence-electron chi connectivity index (χ4n) is 0.365. The van der Waals surface area contributed by atoms with Gasteiger partial charge in [-0.25, -0.2) is 4.18 Å². The molecule has 1 N–H and O–H groups in total. The summed E-state index contributed by atoms with van der Waals surface area (Å²) < 4.78 is 36.6. The van der Waals surface area contributed by atoms with E-state index in [1.54, 1.807) is 0 Å². The number of rotatable bonds is 6. The summed E-state index contributed by atoms with van der Waals surface area (Å²) >= 11 is 0. The van der Waals surface area contributed by atoms with Crippen molar-refractivity contribution in [1.82, 2.24) is 0 Å². The van der Waals surface area contributed by atoms with E-state index < -0.39 is 10.4 Å². The third-order valence-electron chi connectivity index (χ3n) is 0.696. The van der Waals surface area contributed by atoms with Gasteiger partial charge in [0.1, 0.15) is 0 Å². The van der Waals surface area contributed by atoms with Crippen molar-refractivity contribution in [3.8, 4) is 0 Å². The number of ether oxygens (including phenoxy) is 1. The van der Waals surface area contributed by atoms with E-state index >= 15 is 0 Å². The SMILES string of the molecule is C=CCOCCOS(=O)(=O)O. The second-order valence-corrected chi connectivity index (χ2v) is 2.70. The van der Waals surface area contributed by atoms with Crippen LogP contribution in [0.5, 0.6) is 0 Å². The lowest BCUT2D eigenvalue weighted by Crippen LogP contribution is -2.09. The summed E-state index contributed by atoms with van der Waals surface area (Å²) in [7, 11) is -4.32. The predicted molar refractivity (Wildman–Crippen MR) is 38.5 cm³/mol. The molecule has 0 radical (unpaired) electrons. The maximum atomic E-state index is 9.92. The second-order valence-electron chi connectivity index (χ2n) is 1.61. The third kappa shape index (κ3) is 9.57. The van der Waals surface area contributed by atoms with Crippen LogP contribution in [-0.4, -0.2) is 32.8 Å². The molecule has 0 rings (SSSR count). The van der Waals surface area contributed by atoms with E-state index in [9.17, 15) is 8.42 Å². The Bertz CT molecular complexity index is 195. The molecule has 0 heterocycles. The van der Waals surface area contributed by atoms with Gasteiger partial charge in [0.2, 0.25) is 0 Å². The van der Waals surface area contributed by atoms with Gasteiger partial charge in [-0.3, -0.25) is 4.55 Å². The van der Waals surface area contributed by atoms with Crippen LogP contribution in [0.3, 0.4) is 0 Å². The Morgan fingerprint density at radius 1 is 1.45 bits per heavy atom. The molecular formula is C5H10O5S. The maximum Gasteiger partial charge on any atom is 0.397 e. The topological polar surface area (TPSA) is 72.8 Å². The standard InChI is InChI=1S/C5H10O5S/c1-2-3-9-4-5-10-11(6,7)8/h2H,1,3-5H2,(H,6,7,8). The van der Waals surface area contributed by atoms with Crippen molar-refractivity contribution in [2.45, 2.75) is 0 Å². The Balaban J connectivity index is 3.22. The highest BCUT2D eigenvalue weighted by Crippen LogP contribution is 1.85. The highest BCUT2D eigenvalue weighted by molar-refractivity contribution is 7.80. The zero-order chi connectivity index (χ0) is 8.74. The highest BCUT2D eigenvalue weighted by Gasteiger charge is 2.01. The summed E-state index contributed by atoms with van der Waals surface area (Å²) in [5, 5.41) is 0. The normalized spacial score (nSPS) is 11.4. The van der Waals surface area contributed by atoms with Crippen LogP contribution in [0.1, 0.15) is 0 Å². The van der Waals surface area contributed by atoms with Crippen molar-refractivity contribution in [3.63, 3.8) is 0 Å². The third-order valence-corrected chi connectivity index (χ3v) is 1.16. The van der Waals surface area contributed by atoms with Gasteiger partial charge in [0.25, 0.3) is 0 Å². The highest BCUT2D eigenvalue weighted by atomic mass is 32.3. The van der Waals surface area contributed by atoms with Crippen molar-refractivity contribution in [2.75, 3.05) is 19.8 Å². The minimum atomic E-state index is -4.32. The second kappa shape index (κ2) is 5.25. The molecule has 0 amide bonds. The summed E-state index contributed by atoms with van der Waals surface area (Å²) in [4.78, 5) is 0. The molecule has 6 heteroatoms. The minimum absolute atomic E-state index is 0.103. The van der Waals surface area contributed by atoms with Crippen molar-refractivity contribution in [1.29, 1.82) is 0 Å². The Kier molecular flexibility index (Phi) is 5.05. The lowest BCUT2D eigenvalue weighted by atomic mass is 10.7. The fraction of sp³-hybridized carbons (Fsp3) is 0.600. The molecule has 0 aliphatic carbocycles. The molecule has 0 bridgehead atoms. The van der Waals surface area contributed by atoms with Gasteiger partial charge in [-0.2, -0.15) is 8.42 Å². The summed E-state index contributed by atoms with van der Waals surface area (Å²) in [6.45, 7) is 3.62. The van der Waals surface area contributed by atoms with Crippen molar-refractivity contribution >= 4 is 10.4 Å². The van der Waals surface area contributed by atoms with Crippen LogP contribution in [0.15, 0.2) is 12.7 Å². The summed E-state index contributed by atoms with van der Waals surface area (Å²) in [5.41, 5.74) is 0. The lowest BCUT2D eigenvalue weighted by molar-refractivity contribution is 0.117. The van der Waals surface area contributed by atoms with Gasteiger partial charge >= 0.3 is 10.4 Å². The molecule has 0 atom stereocenters. The first-order valence-corrected chi connectivity index (χ1v) is 4.23. The smallest absolute Gasteiger partial charge is 0.375 e. The van der Waals surface area contributed by atoms with E-state index in [1.165, 1.54) is 6.08 Å². The monoisotopic (exact) mass is 182 g/mol. The molecule has 11 heavy (non-hydrogen) atoms. The Morgan fingerprint density at radius 3 is 2.55 bits per heavy atom. The quantitative estimate of drug-likeness (QED) is 0.356. The summed E-state index contributed by atoms with van der Waals surface area (Å²) in [5.74, 6) is 0.